The molecule has 0 unspecified atom stereocenters. The molecule has 1 heterocycles. The van der Waals surface area contributed by atoms with E-state index in [2.05, 4.69) is 22.1 Å². The van der Waals surface area contributed by atoms with Crippen LogP contribution in [0.3, 0.4) is 0 Å². The summed E-state index contributed by atoms with van der Waals surface area (Å²) in [6, 6.07) is 7.53. The van der Waals surface area contributed by atoms with Crippen molar-refractivity contribution in [1.29, 1.82) is 0 Å². The molecule has 0 saturated heterocycles. The minimum atomic E-state index is -0.493. The number of anilines is 1. The Bertz CT molecular complexity index is 689. The van der Waals surface area contributed by atoms with Gasteiger partial charge in [-0.05, 0) is 18.2 Å². The quantitative estimate of drug-likeness (QED) is 0.817. The highest BCUT2D eigenvalue weighted by Crippen LogP contribution is 2.14. The van der Waals surface area contributed by atoms with Gasteiger partial charge in [-0.1, -0.05) is 24.0 Å². The molecule has 0 atom stereocenters. The van der Waals surface area contributed by atoms with Gasteiger partial charge in [0.15, 0.2) is 0 Å². The fourth-order valence-electron chi connectivity index (χ4n) is 1.54. The van der Waals surface area contributed by atoms with Crippen molar-refractivity contribution >= 4 is 11.6 Å². The van der Waals surface area contributed by atoms with Crippen molar-refractivity contribution in [2.75, 3.05) is 11.9 Å². The van der Waals surface area contributed by atoms with Crippen LogP contribution in [-0.2, 0) is 0 Å². The van der Waals surface area contributed by atoms with Crippen LogP contribution in [0, 0.1) is 17.7 Å². The zero-order chi connectivity index (χ0) is 14.4. The molecule has 0 saturated carbocycles. The molecule has 0 bridgehead atoms. The number of carbonyl (C=O) groups excluding carboxylic acids is 1. The number of amides is 1. The number of hydrogen-bond acceptors (Lipinski definition) is 3. The molecule has 1 aromatic heterocycles. The Balaban J connectivity index is 2.19. The van der Waals surface area contributed by atoms with E-state index in [9.17, 15) is 9.18 Å². The zero-order valence-electron chi connectivity index (χ0n) is 10.6. The average molecular weight is 269 g/mol. The number of hydrogen-bond donors (Lipinski definition) is 2. The molecule has 0 aliphatic rings. The summed E-state index contributed by atoms with van der Waals surface area (Å²) in [6.45, 7) is 0.228. The van der Waals surface area contributed by atoms with Crippen LogP contribution >= 0.6 is 0 Å². The van der Waals surface area contributed by atoms with Gasteiger partial charge in [-0.25, -0.2) is 4.39 Å². The number of nitrogens with one attached hydrogen (secondary N) is 1. The molecule has 1 aromatic carbocycles. The third kappa shape index (κ3) is 3.40. The fourth-order valence-corrected chi connectivity index (χ4v) is 1.54. The highest BCUT2D eigenvalue weighted by molar-refractivity contribution is 6.04. The van der Waals surface area contributed by atoms with Gasteiger partial charge >= 0.3 is 0 Å². The van der Waals surface area contributed by atoms with Crippen LogP contribution in [0.1, 0.15) is 15.9 Å². The average Bonchev–Trinajstić information content (AvgIpc) is 2.48. The number of pyridine rings is 1. The second-order valence-electron chi connectivity index (χ2n) is 3.90. The molecule has 2 rings (SSSR count). The maximum absolute atomic E-state index is 13.4. The predicted octanol–water partition coefficient (Wildman–Crippen LogP) is 1.78. The van der Waals surface area contributed by atoms with E-state index >= 15 is 0 Å². The second kappa shape index (κ2) is 6.45. The molecule has 4 nitrogen and oxygen atoms in total. The highest BCUT2D eigenvalue weighted by Gasteiger charge is 2.09. The van der Waals surface area contributed by atoms with Crippen molar-refractivity contribution in [2.24, 2.45) is 5.73 Å². The zero-order valence-corrected chi connectivity index (χ0v) is 10.6. The lowest BCUT2D eigenvalue weighted by molar-refractivity contribution is 0.102. The van der Waals surface area contributed by atoms with Gasteiger partial charge in [0.2, 0.25) is 0 Å². The Morgan fingerprint density at radius 3 is 2.90 bits per heavy atom. The summed E-state index contributed by atoms with van der Waals surface area (Å²) in [5.41, 5.74) is 6.28. The van der Waals surface area contributed by atoms with Crippen LogP contribution < -0.4 is 11.1 Å². The minimum absolute atomic E-state index is 0.121. The molecule has 2 aromatic rings. The van der Waals surface area contributed by atoms with E-state index in [-0.39, 0.29) is 12.2 Å². The molecular weight excluding hydrogens is 257 g/mol. The van der Waals surface area contributed by atoms with E-state index in [1.165, 1.54) is 24.5 Å². The number of aromatic nitrogens is 1. The Morgan fingerprint density at radius 1 is 1.35 bits per heavy atom. The van der Waals surface area contributed by atoms with Crippen LogP contribution in [0.25, 0.3) is 0 Å². The molecular formula is C15H12FN3O. The predicted molar refractivity (Wildman–Crippen MR) is 74.5 cm³/mol. The van der Waals surface area contributed by atoms with Crippen LogP contribution in [0.5, 0.6) is 0 Å². The molecule has 3 N–H and O–H groups in total. The monoisotopic (exact) mass is 269 g/mol. The Kier molecular flexibility index (Phi) is 4.43. The third-order valence-corrected chi connectivity index (χ3v) is 2.46. The summed E-state index contributed by atoms with van der Waals surface area (Å²) in [4.78, 5) is 15.9. The Labute approximate surface area is 115 Å². The lowest BCUT2D eigenvalue weighted by Gasteiger charge is -2.06. The van der Waals surface area contributed by atoms with Crippen molar-refractivity contribution < 1.29 is 9.18 Å². The van der Waals surface area contributed by atoms with Crippen molar-refractivity contribution in [1.82, 2.24) is 4.98 Å². The lowest BCUT2D eigenvalue weighted by atomic mass is 10.2. The number of nitrogens with two attached hydrogens (primary N) is 1. The van der Waals surface area contributed by atoms with E-state index in [1.54, 1.807) is 18.2 Å². The summed E-state index contributed by atoms with van der Waals surface area (Å²) >= 11 is 0. The first-order valence-electron chi connectivity index (χ1n) is 5.90. The van der Waals surface area contributed by atoms with Crippen LogP contribution in [0.2, 0.25) is 0 Å². The van der Waals surface area contributed by atoms with Crippen molar-refractivity contribution in [3.8, 4) is 11.8 Å². The molecule has 0 aliphatic carbocycles. The molecule has 1 amide bonds. The van der Waals surface area contributed by atoms with Gasteiger partial charge in [0, 0.05) is 18.0 Å². The molecule has 100 valence electrons. The first-order valence-corrected chi connectivity index (χ1v) is 5.90. The summed E-state index contributed by atoms with van der Waals surface area (Å²) in [5, 5.41) is 2.48. The minimum Gasteiger partial charge on any atom is -0.320 e. The van der Waals surface area contributed by atoms with E-state index in [1.807, 2.05) is 0 Å². The van der Waals surface area contributed by atoms with Gasteiger partial charge in [0.1, 0.15) is 5.82 Å². The van der Waals surface area contributed by atoms with Crippen molar-refractivity contribution in [3.63, 3.8) is 0 Å². The van der Waals surface area contributed by atoms with E-state index in [0.29, 0.717) is 11.1 Å². The van der Waals surface area contributed by atoms with Gasteiger partial charge in [-0.3, -0.25) is 9.78 Å². The first-order chi connectivity index (χ1) is 9.70. The largest absolute Gasteiger partial charge is 0.320 e. The highest BCUT2D eigenvalue weighted by atomic mass is 19.1. The topological polar surface area (TPSA) is 68.0 Å². The van der Waals surface area contributed by atoms with Gasteiger partial charge in [0.25, 0.3) is 5.91 Å². The number of rotatable bonds is 2. The van der Waals surface area contributed by atoms with Crippen LogP contribution in [-0.4, -0.2) is 17.4 Å². The van der Waals surface area contributed by atoms with Crippen molar-refractivity contribution in [3.05, 3.63) is 59.7 Å². The molecule has 0 spiro atoms. The van der Waals surface area contributed by atoms with E-state index < -0.39 is 11.7 Å². The molecule has 0 aliphatic heterocycles. The van der Waals surface area contributed by atoms with Gasteiger partial charge in [-0.2, -0.15) is 0 Å². The molecule has 20 heavy (non-hydrogen) atoms. The van der Waals surface area contributed by atoms with Crippen LogP contribution in [0.15, 0.2) is 42.7 Å². The normalized spacial score (nSPS) is 9.50. The van der Waals surface area contributed by atoms with Gasteiger partial charge in [-0.15, -0.1) is 0 Å². The summed E-state index contributed by atoms with van der Waals surface area (Å²) < 4.78 is 13.4. The van der Waals surface area contributed by atoms with Crippen molar-refractivity contribution in [2.45, 2.75) is 0 Å². The number of carbonyl (C=O) groups is 1. The summed E-state index contributed by atoms with van der Waals surface area (Å²) in [5.74, 6) is 4.52. The lowest BCUT2D eigenvalue weighted by Crippen LogP contribution is -2.13. The third-order valence-electron chi connectivity index (χ3n) is 2.46. The Hall–Kier alpha value is -2.71. The molecule has 5 heteroatoms. The van der Waals surface area contributed by atoms with Gasteiger partial charge < -0.3 is 11.1 Å². The number of para-hydroxylation sites is 1. The molecule has 0 fully saturated rings. The standard InChI is InChI=1S/C15H12FN3O/c16-13-5-1-2-6-14(13)19-15(20)12-8-11(4-3-7-17)9-18-10-12/h1-2,5-6,8-10H,7,17H2,(H,19,20). The Morgan fingerprint density at radius 2 is 2.15 bits per heavy atom. The first kappa shape index (κ1) is 13.7. The number of halogens is 1. The maximum atomic E-state index is 13.4. The van der Waals surface area contributed by atoms with E-state index in [0.717, 1.165) is 0 Å². The number of benzene rings is 1. The van der Waals surface area contributed by atoms with Crippen LogP contribution in [0.4, 0.5) is 10.1 Å². The van der Waals surface area contributed by atoms with E-state index in [4.69, 9.17) is 5.73 Å². The second-order valence-corrected chi connectivity index (χ2v) is 3.90. The SMILES string of the molecule is NCC#Cc1cncc(C(=O)Nc2ccccc2F)c1. The summed E-state index contributed by atoms with van der Waals surface area (Å²) in [7, 11) is 0. The fraction of sp³-hybridized carbons (Fsp3) is 0.0667. The molecule has 0 radical (unpaired) electrons. The smallest absolute Gasteiger partial charge is 0.257 e. The van der Waals surface area contributed by atoms with Gasteiger partial charge in [0.05, 0.1) is 17.8 Å². The maximum Gasteiger partial charge on any atom is 0.257 e. The number of nitrogens with zero attached hydrogens (tertiary/aromatic N) is 1. The summed E-state index contributed by atoms with van der Waals surface area (Å²) in [6.07, 6.45) is 2.92.